The molecule has 0 N–H and O–H groups in total. The second kappa shape index (κ2) is 12.9. The maximum absolute atomic E-state index is 2.40. The van der Waals surface area contributed by atoms with Crippen LogP contribution in [0.25, 0.3) is 109 Å². The van der Waals surface area contributed by atoms with Crippen molar-refractivity contribution in [1.82, 2.24) is 0 Å². The molecule has 59 heavy (non-hydrogen) atoms. The molecule has 0 spiro atoms. The van der Waals surface area contributed by atoms with Gasteiger partial charge in [-0.3, -0.25) is 0 Å². The van der Waals surface area contributed by atoms with Crippen molar-refractivity contribution in [3.8, 4) is 55.6 Å². The van der Waals surface area contributed by atoms with Gasteiger partial charge in [0.25, 0.3) is 0 Å². The Morgan fingerprint density at radius 3 is 1.46 bits per heavy atom. The molecule has 12 rings (SSSR count). The summed E-state index contributed by atoms with van der Waals surface area (Å²) in [5.74, 6) is 0. The Labute approximate surface area is 344 Å². The molecule has 276 valence electrons. The van der Waals surface area contributed by atoms with Crippen molar-refractivity contribution in [2.45, 2.75) is 19.3 Å². The number of benzene rings is 11. The molecule has 0 unspecified atom stereocenters. The zero-order valence-electron chi connectivity index (χ0n) is 33.1. The molecule has 0 fully saturated rings. The molecule has 0 nitrogen and oxygen atoms in total. The third-order valence-electron chi connectivity index (χ3n) is 13.2. The molecular formula is C59H40. The van der Waals surface area contributed by atoms with E-state index in [1.54, 1.807) is 0 Å². The van der Waals surface area contributed by atoms with E-state index in [0.29, 0.717) is 0 Å². The van der Waals surface area contributed by atoms with Crippen LogP contribution < -0.4 is 0 Å². The van der Waals surface area contributed by atoms with Crippen LogP contribution in [0.5, 0.6) is 0 Å². The molecule has 0 heteroatoms. The molecule has 11 aromatic carbocycles. The highest BCUT2D eigenvalue weighted by molar-refractivity contribution is 6.22. The molecule has 1 aliphatic rings. The second-order valence-corrected chi connectivity index (χ2v) is 16.8. The van der Waals surface area contributed by atoms with Crippen LogP contribution in [0.4, 0.5) is 0 Å². The topological polar surface area (TPSA) is 0 Å². The summed E-state index contributed by atoms with van der Waals surface area (Å²) in [6, 6.07) is 76.9. The highest BCUT2D eigenvalue weighted by atomic mass is 14.4. The van der Waals surface area contributed by atoms with Crippen LogP contribution >= 0.6 is 0 Å². The molecule has 0 aromatic heterocycles. The van der Waals surface area contributed by atoms with Crippen molar-refractivity contribution in [3.63, 3.8) is 0 Å². The summed E-state index contributed by atoms with van der Waals surface area (Å²) in [6.07, 6.45) is 0. The predicted molar refractivity (Wildman–Crippen MR) is 253 cm³/mol. The van der Waals surface area contributed by atoms with Crippen molar-refractivity contribution in [2.75, 3.05) is 0 Å². The Balaban J connectivity index is 1.02. The molecule has 0 saturated heterocycles. The van der Waals surface area contributed by atoms with Crippen molar-refractivity contribution in [1.29, 1.82) is 0 Å². The van der Waals surface area contributed by atoms with Gasteiger partial charge in [-0.05, 0) is 133 Å². The van der Waals surface area contributed by atoms with Crippen LogP contribution in [-0.2, 0) is 5.41 Å². The van der Waals surface area contributed by atoms with E-state index in [0.717, 1.165) is 0 Å². The lowest BCUT2D eigenvalue weighted by molar-refractivity contribution is 0.661. The fourth-order valence-electron chi connectivity index (χ4n) is 10.5. The van der Waals surface area contributed by atoms with Gasteiger partial charge < -0.3 is 0 Å². The van der Waals surface area contributed by atoms with E-state index in [9.17, 15) is 0 Å². The van der Waals surface area contributed by atoms with E-state index in [-0.39, 0.29) is 5.41 Å². The molecular weight excluding hydrogens is 709 g/mol. The molecule has 0 bridgehead atoms. The minimum atomic E-state index is -0.0764. The van der Waals surface area contributed by atoms with E-state index < -0.39 is 0 Å². The normalized spacial score (nSPS) is 13.1. The van der Waals surface area contributed by atoms with Crippen molar-refractivity contribution in [3.05, 3.63) is 217 Å². The molecule has 1 aliphatic carbocycles. The first-order chi connectivity index (χ1) is 29.0. The largest absolute Gasteiger partial charge is 0.0616 e. The smallest absolute Gasteiger partial charge is 0.0159 e. The Hall–Kier alpha value is -7.28. The highest BCUT2D eigenvalue weighted by Crippen LogP contribution is 2.54. The van der Waals surface area contributed by atoms with E-state index in [2.05, 4.69) is 220 Å². The van der Waals surface area contributed by atoms with Crippen LogP contribution in [0.3, 0.4) is 0 Å². The first-order valence-electron chi connectivity index (χ1n) is 20.8. The summed E-state index contributed by atoms with van der Waals surface area (Å²) in [4.78, 5) is 0. The number of hydrogen-bond acceptors (Lipinski definition) is 0. The van der Waals surface area contributed by atoms with Crippen LogP contribution in [-0.4, -0.2) is 0 Å². The predicted octanol–water partition coefficient (Wildman–Crippen LogP) is 16.4. The SMILES string of the molecule is CC1(C)c2cccc(-c3ccc(-c4c5ccccc5c(-c5cccc(-c6cc7ccccc7c7ccccc67)c5)c5ccccc45)cc3)c2-c2c1ccc1ccccc21. The first-order valence-corrected chi connectivity index (χ1v) is 20.8. The quantitative estimate of drug-likeness (QED) is 0.124. The van der Waals surface area contributed by atoms with Crippen molar-refractivity contribution >= 4 is 53.9 Å². The van der Waals surface area contributed by atoms with Crippen LogP contribution in [0.1, 0.15) is 25.0 Å². The van der Waals surface area contributed by atoms with Crippen LogP contribution in [0, 0.1) is 0 Å². The number of fused-ring (bicyclic) bond motifs is 10. The van der Waals surface area contributed by atoms with Gasteiger partial charge in [-0.1, -0.05) is 208 Å². The Morgan fingerprint density at radius 2 is 0.763 bits per heavy atom. The maximum atomic E-state index is 2.40. The minimum absolute atomic E-state index is 0.0764. The summed E-state index contributed by atoms with van der Waals surface area (Å²) < 4.78 is 0. The Kier molecular flexibility index (Phi) is 7.38. The van der Waals surface area contributed by atoms with Gasteiger partial charge in [0.15, 0.2) is 0 Å². The van der Waals surface area contributed by atoms with Gasteiger partial charge in [-0.25, -0.2) is 0 Å². The zero-order chi connectivity index (χ0) is 39.2. The molecule has 0 amide bonds. The monoisotopic (exact) mass is 748 g/mol. The zero-order valence-corrected chi connectivity index (χ0v) is 33.1. The minimum Gasteiger partial charge on any atom is -0.0616 e. The molecule has 0 aliphatic heterocycles. The van der Waals surface area contributed by atoms with Gasteiger partial charge in [0.1, 0.15) is 0 Å². The van der Waals surface area contributed by atoms with Crippen LogP contribution in [0.15, 0.2) is 206 Å². The lowest BCUT2D eigenvalue weighted by Crippen LogP contribution is -2.14. The summed E-state index contributed by atoms with van der Waals surface area (Å²) in [7, 11) is 0. The standard InChI is InChI=1S/C59H40/c1-59(2)53-28-14-27-45(57(53)58-44-20-6-3-15-37(44)33-34-54(58)59)38-29-31-39(32-30-38)55-48-23-9-11-25-50(48)56(51-26-12-10-24-49(51)55)42-18-13-17-40(35-42)52-36-41-16-4-5-19-43(41)46-21-7-8-22-47(46)52/h3-36H,1-2H3. The first kappa shape index (κ1) is 33.8. The number of hydrogen-bond donors (Lipinski definition) is 0. The molecule has 0 saturated carbocycles. The number of rotatable bonds is 4. The summed E-state index contributed by atoms with van der Waals surface area (Å²) in [5, 5.41) is 12.8. The van der Waals surface area contributed by atoms with E-state index >= 15 is 0 Å². The van der Waals surface area contributed by atoms with Gasteiger partial charge in [0, 0.05) is 5.41 Å². The van der Waals surface area contributed by atoms with Crippen LogP contribution in [0.2, 0.25) is 0 Å². The van der Waals surface area contributed by atoms with Gasteiger partial charge >= 0.3 is 0 Å². The van der Waals surface area contributed by atoms with E-state index in [1.165, 1.54) is 121 Å². The third kappa shape index (κ3) is 5.03. The summed E-state index contributed by atoms with van der Waals surface area (Å²) in [6.45, 7) is 4.75. The highest BCUT2D eigenvalue weighted by Gasteiger charge is 2.37. The fourth-order valence-corrected chi connectivity index (χ4v) is 10.5. The van der Waals surface area contributed by atoms with Crippen molar-refractivity contribution in [2.24, 2.45) is 0 Å². The summed E-state index contributed by atoms with van der Waals surface area (Å²) >= 11 is 0. The molecule has 0 radical (unpaired) electrons. The lowest BCUT2D eigenvalue weighted by Gasteiger charge is -2.22. The average molecular weight is 749 g/mol. The van der Waals surface area contributed by atoms with Gasteiger partial charge in [0.05, 0.1) is 0 Å². The molecule has 0 heterocycles. The fraction of sp³-hybridized carbons (Fsp3) is 0.0508. The Morgan fingerprint density at radius 1 is 0.254 bits per heavy atom. The van der Waals surface area contributed by atoms with Gasteiger partial charge in [-0.2, -0.15) is 0 Å². The maximum Gasteiger partial charge on any atom is 0.0159 e. The van der Waals surface area contributed by atoms with E-state index in [4.69, 9.17) is 0 Å². The second-order valence-electron chi connectivity index (χ2n) is 16.8. The van der Waals surface area contributed by atoms with E-state index in [1.807, 2.05) is 0 Å². The average Bonchev–Trinajstić information content (AvgIpc) is 3.54. The molecule has 11 aromatic rings. The van der Waals surface area contributed by atoms with Gasteiger partial charge in [-0.15, -0.1) is 0 Å². The molecule has 0 atom stereocenters. The van der Waals surface area contributed by atoms with Gasteiger partial charge in [0.2, 0.25) is 0 Å². The Bertz CT molecular complexity index is 3450. The third-order valence-corrected chi connectivity index (χ3v) is 13.2. The lowest BCUT2D eigenvalue weighted by atomic mass is 9.81. The summed E-state index contributed by atoms with van der Waals surface area (Å²) in [5.41, 5.74) is 15.5. The van der Waals surface area contributed by atoms with Crippen molar-refractivity contribution < 1.29 is 0 Å².